The monoisotopic (exact) mass is 272 g/mol. The van der Waals surface area contributed by atoms with Crippen LogP contribution in [-0.2, 0) is 4.79 Å². The molecule has 1 aliphatic rings. The van der Waals surface area contributed by atoms with E-state index >= 15 is 0 Å². The summed E-state index contributed by atoms with van der Waals surface area (Å²) in [6.45, 7) is 3.01. The average molecular weight is 272 g/mol. The number of para-hydroxylation sites is 1. The smallest absolute Gasteiger partial charge is 0.311 e. The van der Waals surface area contributed by atoms with Gasteiger partial charge < -0.3 is 10.0 Å². The zero-order valence-electron chi connectivity index (χ0n) is 11.3. The minimum absolute atomic E-state index is 0.443. The zero-order valence-corrected chi connectivity index (χ0v) is 11.3. The molecule has 2 heterocycles. The van der Waals surface area contributed by atoms with Crippen LogP contribution in [0.1, 0.15) is 19.8 Å². The van der Waals surface area contributed by atoms with Gasteiger partial charge in [-0.15, -0.1) is 10.2 Å². The summed E-state index contributed by atoms with van der Waals surface area (Å²) in [6, 6.07) is 7.53. The van der Waals surface area contributed by atoms with E-state index in [-0.39, 0.29) is 0 Å². The van der Waals surface area contributed by atoms with E-state index in [1.165, 1.54) is 0 Å². The topological polar surface area (TPSA) is 79.2 Å². The summed E-state index contributed by atoms with van der Waals surface area (Å²) in [4.78, 5) is 17.9. The fourth-order valence-corrected chi connectivity index (χ4v) is 2.66. The van der Waals surface area contributed by atoms with Crippen molar-refractivity contribution in [1.82, 2.24) is 15.2 Å². The van der Waals surface area contributed by atoms with Crippen molar-refractivity contribution in [2.75, 3.05) is 18.0 Å². The predicted molar refractivity (Wildman–Crippen MR) is 74.5 cm³/mol. The summed E-state index contributed by atoms with van der Waals surface area (Å²) in [6.07, 6.45) is 1.23. The second-order valence-corrected chi connectivity index (χ2v) is 5.21. The van der Waals surface area contributed by atoms with Crippen molar-refractivity contribution in [1.29, 1.82) is 0 Å². The van der Waals surface area contributed by atoms with Gasteiger partial charge in [0.2, 0.25) is 5.95 Å². The van der Waals surface area contributed by atoms with Gasteiger partial charge in [0.1, 0.15) is 5.52 Å². The van der Waals surface area contributed by atoms with Crippen molar-refractivity contribution < 1.29 is 9.90 Å². The molecule has 1 unspecified atom stereocenters. The molecule has 1 N–H and O–H groups in total. The molecule has 104 valence electrons. The van der Waals surface area contributed by atoms with Crippen LogP contribution in [0, 0.1) is 5.41 Å². The maximum absolute atomic E-state index is 11.5. The molecule has 0 radical (unpaired) electrons. The van der Waals surface area contributed by atoms with Gasteiger partial charge in [0.25, 0.3) is 0 Å². The number of aliphatic carboxylic acids is 1. The van der Waals surface area contributed by atoms with E-state index in [9.17, 15) is 9.90 Å². The molecule has 3 rings (SSSR count). The highest BCUT2D eigenvalue weighted by atomic mass is 16.4. The third-order valence-corrected chi connectivity index (χ3v) is 4.12. The molecule has 1 aliphatic heterocycles. The van der Waals surface area contributed by atoms with Crippen molar-refractivity contribution in [3.63, 3.8) is 0 Å². The fraction of sp³-hybridized carbons (Fsp3) is 0.429. The molecule has 6 heteroatoms. The Labute approximate surface area is 116 Å². The first-order chi connectivity index (χ1) is 9.64. The van der Waals surface area contributed by atoms with Gasteiger partial charge in [-0.2, -0.15) is 0 Å². The van der Waals surface area contributed by atoms with Gasteiger partial charge >= 0.3 is 5.97 Å². The van der Waals surface area contributed by atoms with Crippen molar-refractivity contribution in [2.24, 2.45) is 5.41 Å². The quantitative estimate of drug-likeness (QED) is 0.916. The second-order valence-electron chi connectivity index (χ2n) is 5.21. The van der Waals surface area contributed by atoms with Crippen LogP contribution in [-0.4, -0.2) is 39.3 Å². The minimum Gasteiger partial charge on any atom is -0.481 e. The molecule has 1 atom stereocenters. The van der Waals surface area contributed by atoms with E-state index in [0.717, 1.165) is 11.0 Å². The molecular weight excluding hydrogens is 256 g/mol. The summed E-state index contributed by atoms with van der Waals surface area (Å²) < 4.78 is 0. The summed E-state index contributed by atoms with van der Waals surface area (Å²) in [7, 11) is 0. The van der Waals surface area contributed by atoms with E-state index in [1.807, 2.05) is 36.1 Å². The number of carboxylic acid groups (broad SMARTS) is 1. The Morgan fingerprint density at radius 2 is 2.10 bits per heavy atom. The molecule has 1 fully saturated rings. The molecular formula is C14H16N4O2. The number of fused-ring (bicyclic) bond motifs is 1. The highest BCUT2D eigenvalue weighted by Gasteiger charge is 2.44. The molecule has 0 amide bonds. The van der Waals surface area contributed by atoms with Gasteiger partial charge in [-0.3, -0.25) is 4.79 Å². The van der Waals surface area contributed by atoms with Crippen LogP contribution in [0.3, 0.4) is 0 Å². The second kappa shape index (κ2) is 4.70. The molecule has 0 bridgehead atoms. The van der Waals surface area contributed by atoms with Crippen LogP contribution < -0.4 is 4.90 Å². The van der Waals surface area contributed by atoms with Crippen LogP contribution in [0.2, 0.25) is 0 Å². The van der Waals surface area contributed by atoms with E-state index in [0.29, 0.717) is 31.9 Å². The Kier molecular flexibility index (Phi) is 3.00. The summed E-state index contributed by atoms with van der Waals surface area (Å²) >= 11 is 0. The average Bonchev–Trinajstić information content (AvgIpc) is 2.92. The van der Waals surface area contributed by atoms with Crippen LogP contribution >= 0.6 is 0 Å². The molecule has 0 saturated carbocycles. The van der Waals surface area contributed by atoms with Gasteiger partial charge in [-0.1, -0.05) is 19.1 Å². The highest BCUT2D eigenvalue weighted by Crippen LogP contribution is 2.35. The number of hydrogen-bond donors (Lipinski definition) is 1. The Hall–Kier alpha value is -2.24. The van der Waals surface area contributed by atoms with Crippen LogP contribution in [0.5, 0.6) is 0 Å². The Balaban J connectivity index is 1.91. The Morgan fingerprint density at radius 1 is 1.35 bits per heavy atom. The third-order valence-electron chi connectivity index (χ3n) is 4.12. The molecule has 2 aromatic rings. The Morgan fingerprint density at radius 3 is 2.75 bits per heavy atom. The molecule has 1 saturated heterocycles. The van der Waals surface area contributed by atoms with E-state index in [4.69, 9.17) is 0 Å². The van der Waals surface area contributed by atoms with Crippen molar-refractivity contribution in [3.8, 4) is 0 Å². The van der Waals surface area contributed by atoms with Crippen LogP contribution in [0.25, 0.3) is 11.0 Å². The highest BCUT2D eigenvalue weighted by molar-refractivity contribution is 5.77. The maximum atomic E-state index is 11.5. The predicted octanol–water partition coefficient (Wildman–Crippen LogP) is 1.72. The number of rotatable bonds is 3. The van der Waals surface area contributed by atoms with E-state index < -0.39 is 11.4 Å². The van der Waals surface area contributed by atoms with Gasteiger partial charge in [-0.25, -0.2) is 4.98 Å². The van der Waals surface area contributed by atoms with Crippen molar-refractivity contribution in [3.05, 3.63) is 24.3 Å². The van der Waals surface area contributed by atoms with Gasteiger partial charge in [-0.05, 0) is 25.0 Å². The minimum atomic E-state index is -0.740. The lowest BCUT2D eigenvalue weighted by molar-refractivity contribution is -0.147. The van der Waals surface area contributed by atoms with Crippen molar-refractivity contribution >= 4 is 23.0 Å². The largest absolute Gasteiger partial charge is 0.481 e. The first-order valence-corrected chi connectivity index (χ1v) is 6.72. The standard InChI is InChI=1S/C14H16N4O2/c1-2-14(12(19)20)7-8-18(9-14)13-15-10-5-3-4-6-11(10)16-17-13/h3-6H,2,7-9H2,1H3,(H,19,20). The molecule has 0 spiro atoms. The van der Waals surface area contributed by atoms with E-state index in [2.05, 4.69) is 15.2 Å². The molecule has 6 nitrogen and oxygen atoms in total. The maximum Gasteiger partial charge on any atom is 0.311 e. The number of anilines is 1. The zero-order chi connectivity index (χ0) is 14.2. The number of hydrogen-bond acceptors (Lipinski definition) is 5. The number of carboxylic acids is 1. The summed E-state index contributed by atoms with van der Waals surface area (Å²) in [5.74, 6) is -0.225. The summed E-state index contributed by atoms with van der Waals surface area (Å²) in [5, 5.41) is 17.7. The molecule has 0 aliphatic carbocycles. The number of nitrogens with zero attached hydrogens (tertiary/aromatic N) is 4. The lowest BCUT2D eigenvalue weighted by atomic mass is 9.84. The van der Waals surface area contributed by atoms with Crippen molar-refractivity contribution in [2.45, 2.75) is 19.8 Å². The van der Waals surface area contributed by atoms with Gasteiger partial charge in [0.05, 0.1) is 10.9 Å². The van der Waals surface area contributed by atoms with Crippen LogP contribution in [0.4, 0.5) is 5.95 Å². The fourth-order valence-electron chi connectivity index (χ4n) is 2.66. The lowest BCUT2D eigenvalue weighted by Gasteiger charge is -2.22. The first kappa shape index (κ1) is 12.8. The molecule has 20 heavy (non-hydrogen) atoms. The molecule has 1 aromatic heterocycles. The normalized spacial score (nSPS) is 22.4. The lowest BCUT2D eigenvalue weighted by Crippen LogP contribution is -2.34. The molecule has 1 aromatic carbocycles. The number of carbonyl (C=O) groups is 1. The van der Waals surface area contributed by atoms with Gasteiger partial charge in [0, 0.05) is 13.1 Å². The van der Waals surface area contributed by atoms with Gasteiger partial charge in [0.15, 0.2) is 0 Å². The Bertz CT molecular complexity index is 660. The van der Waals surface area contributed by atoms with Crippen LogP contribution in [0.15, 0.2) is 24.3 Å². The summed E-state index contributed by atoms with van der Waals surface area (Å²) in [5.41, 5.74) is 0.840. The first-order valence-electron chi connectivity index (χ1n) is 6.72. The SMILES string of the molecule is CCC1(C(=O)O)CCN(c2nnc3ccccc3n2)C1. The third kappa shape index (κ3) is 1.97. The van der Waals surface area contributed by atoms with E-state index in [1.54, 1.807) is 0 Å². The number of aromatic nitrogens is 3. The number of benzene rings is 1.